The van der Waals surface area contributed by atoms with Gasteiger partial charge in [-0.2, -0.15) is 0 Å². The van der Waals surface area contributed by atoms with E-state index in [0.29, 0.717) is 31.7 Å². The van der Waals surface area contributed by atoms with Crippen molar-refractivity contribution in [3.8, 4) is 0 Å². The Morgan fingerprint density at radius 1 is 1.11 bits per heavy atom. The van der Waals surface area contributed by atoms with Crippen LogP contribution in [0.2, 0.25) is 5.02 Å². The summed E-state index contributed by atoms with van der Waals surface area (Å²) >= 11 is 6.01. The molecule has 148 valence electrons. The quantitative estimate of drug-likeness (QED) is 0.787. The van der Waals surface area contributed by atoms with Crippen LogP contribution in [-0.2, 0) is 4.79 Å². The zero-order valence-electron chi connectivity index (χ0n) is 15.8. The lowest BCUT2D eigenvalue weighted by molar-refractivity contribution is -0.139. The fourth-order valence-corrected chi connectivity index (χ4v) is 4.25. The number of benzene rings is 1. The number of piperazine rings is 1. The third kappa shape index (κ3) is 4.61. The Balaban J connectivity index is 1.59. The van der Waals surface area contributed by atoms with Crippen molar-refractivity contribution in [2.45, 2.75) is 38.6 Å². The van der Waals surface area contributed by atoms with Gasteiger partial charge in [0.1, 0.15) is 5.82 Å². The molecule has 0 bridgehead atoms. The fourth-order valence-electron chi connectivity index (χ4n) is 4.00. The Labute approximate surface area is 165 Å². The molecule has 1 atom stereocenters. The number of hydrogen-bond acceptors (Lipinski definition) is 3. The molecular formula is C20H27ClFN3O2. The lowest BCUT2D eigenvalue weighted by atomic mass is 10.00. The molecule has 1 aromatic carbocycles. The highest BCUT2D eigenvalue weighted by molar-refractivity contribution is 6.33. The van der Waals surface area contributed by atoms with E-state index in [2.05, 4.69) is 11.8 Å². The van der Waals surface area contributed by atoms with E-state index < -0.39 is 5.82 Å². The molecule has 0 saturated carbocycles. The first-order valence-corrected chi connectivity index (χ1v) is 10.2. The molecule has 1 aromatic rings. The molecule has 2 amide bonds. The van der Waals surface area contributed by atoms with Crippen molar-refractivity contribution in [3.05, 3.63) is 34.6 Å². The number of amides is 2. The first-order valence-electron chi connectivity index (χ1n) is 9.78. The third-order valence-electron chi connectivity index (χ3n) is 5.45. The minimum Gasteiger partial charge on any atom is -0.338 e. The minimum atomic E-state index is -0.462. The maximum absolute atomic E-state index is 13.2. The Morgan fingerprint density at radius 2 is 1.81 bits per heavy atom. The molecule has 2 fully saturated rings. The number of halogens is 2. The van der Waals surface area contributed by atoms with Crippen LogP contribution in [0.1, 0.15) is 43.0 Å². The largest absolute Gasteiger partial charge is 0.338 e. The van der Waals surface area contributed by atoms with Gasteiger partial charge < -0.3 is 9.80 Å². The topological polar surface area (TPSA) is 43.9 Å². The maximum atomic E-state index is 13.2. The summed E-state index contributed by atoms with van der Waals surface area (Å²) in [4.78, 5) is 31.5. The van der Waals surface area contributed by atoms with Gasteiger partial charge in [-0.3, -0.25) is 14.5 Å². The van der Waals surface area contributed by atoms with Gasteiger partial charge in [-0.1, -0.05) is 24.9 Å². The van der Waals surface area contributed by atoms with Gasteiger partial charge in [-0.15, -0.1) is 0 Å². The molecule has 0 spiro atoms. The Bertz CT molecular complexity index is 690. The Kier molecular flexibility index (Phi) is 6.71. The first-order chi connectivity index (χ1) is 13.0. The average Bonchev–Trinajstić information content (AvgIpc) is 2.68. The number of nitrogens with zero attached hydrogens (tertiary/aromatic N) is 3. The summed E-state index contributed by atoms with van der Waals surface area (Å²) in [5.41, 5.74) is 0.305. The van der Waals surface area contributed by atoms with Crippen LogP contribution < -0.4 is 0 Å². The monoisotopic (exact) mass is 395 g/mol. The molecule has 2 heterocycles. The zero-order chi connectivity index (χ0) is 19.4. The molecule has 27 heavy (non-hydrogen) atoms. The summed E-state index contributed by atoms with van der Waals surface area (Å²) in [6.45, 7) is 6.09. The van der Waals surface area contributed by atoms with Crippen LogP contribution in [0, 0.1) is 5.82 Å². The van der Waals surface area contributed by atoms with E-state index in [9.17, 15) is 14.0 Å². The van der Waals surface area contributed by atoms with Gasteiger partial charge >= 0.3 is 0 Å². The van der Waals surface area contributed by atoms with E-state index in [1.54, 1.807) is 4.90 Å². The van der Waals surface area contributed by atoms with Crippen LogP contribution in [0.15, 0.2) is 18.2 Å². The number of piperidine rings is 1. The van der Waals surface area contributed by atoms with Crippen molar-refractivity contribution in [2.24, 2.45) is 0 Å². The summed E-state index contributed by atoms with van der Waals surface area (Å²) in [6.07, 6.45) is 4.22. The Hall–Kier alpha value is -1.66. The average molecular weight is 396 g/mol. The number of carbonyl (C=O) groups excluding carboxylic acids is 2. The molecule has 2 aliphatic heterocycles. The van der Waals surface area contributed by atoms with E-state index in [4.69, 9.17) is 11.6 Å². The van der Waals surface area contributed by atoms with E-state index in [1.165, 1.54) is 12.1 Å². The van der Waals surface area contributed by atoms with Crippen molar-refractivity contribution in [1.82, 2.24) is 14.7 Å². The second-order valence-electron chi connectivity index (χ2n) is 7.29. The highest BCUT2D eigenvalue weighted by atomic mass is 35.5. The normalized spacial score (nSPS) is 21.4. The highest BCUT2D eigenvalue weighted by Crippen LogP contribution is 2.22. The minimum absolute atomic E-state index is 0.0208. The molecule has 2 aliphatic rings. The molecular weight excluding hydrogens is 369 g/mol. The first kappa shape index (κ1) is 20.1. The van der Waals surface area contributed by atoms with Gasteiger partial charge in [0, 0.05) is 26.2 Å². The highest BCUT2D eigenvalue weighted by Gasteiger charge is 2.33. The second-order valence-corrected chi connectivity index (χ2v) is 7.70. The third-order valence-corrected chi connectivity index (χ3v) is 5.76. The fraction of sp³-hybridized carbons (Fsp3) is 0.600. The van der Waals surface area contributed by atoms with Crippen molar-refractivity contribution >= 4 is 23.4 Å². The van der Waals surface area contributed by atoms with Gasteiger partial charge in [0.05, 0.1) is 16.6 Å². The van der Waals surface area contributed by atoms with Gasteiger partial charge in [-0.05, 0) is 50.6 Å². The number of likely N-dealkylation sites (tertiary alicyclic amines) is 1. The second kappa shape index (κ2) is 9.02. The molecule has 3 rings (SSSR count). The van der Waals surface area contributed by atoms with Crippen LogP contribution in [0.5, 0.6) is 0 Å². The molecule has 0 radical (unpaired) electrons. The van der Waals surface area contributed by atoms with Crippen molar-refractivity contribution < 1.29 is 14.0 Å². The predicted molar refractivity (Wildman–Crippen MR) is 103 cm³/mol. The molecule has 0 N–H and O–H groups in total. The molecule has 7 heteroatoms. The van der Waals surface area contributed by atoms with Crippen molar-refractivity contribution in [2.75, 3.05) is 39.3 Å². The van der Waals surface area contributed by atoms with Crippen LogP contribution in [-0.4, -0.2) is 71.8 Å². The number of carbonyl (C=O) groups is 2. The predicted octanol–water partition coefficient (Wildman–Crippen LogP) is 3.03. The number of rotatable bonds is 4. The van der Waals surface area contributed by atoms with Crippen LogP contribution >= 0.6 is 11.6 Å². The van der Waals surface area contributed by atoms with Crippen LogP contribution in [0.3, 0.4) is 0 Å². The van der Waals surface area contributed by atoms with E-state index in [-0.39, 0.29) is 22.9 Å². The summed E-state index contributed by atoms with van der Waals surface area (Å²) in [7, 11) is 0. The lowest BCUT2D eigenvalue weighted by Gasteiger charge is -2.40. The summed E-state index contributed by atoms with van der Waals surface area (Å²) < 4.78 is 13.2. The number of hydrogen-bond donors (Lipinski definition) is 0. The molecule has 5 nitrogen and oxygen atoms in total. The zero-order valence-corrected chi connectivity index (χ0v) is 16.6. The van der Waals surface area contributed by atoms with Crippen LogP contribution in [0.25, 0.3) is 0 Å². The summed E-state index contributed by atoms with van der Waals surface area (Å²) in [5.74, 6) is -0.483. The lowest BCUT2D eigenvalue weighted by Crippen LogP contribution is -2.56. The maximum Gasteiger partial charge on any atom is 0.255 e. The SMILES string of the molecule is CCCN1CCCCC1C(=O)N1CCN(C(=O)c2ccc(F)cc2Cl)CC1. The molecule has 0 aliphatic carbocycles. The van der Waals surface area contributed by atoms with Crippen molar-refractivity contribution in [1.29, 1.82) is 0 Å². The van der Waals surface area contributed by atoms with E-state index in [0.717, 1.165) is 44.8 Å². The molecule has 0 aromatic heterocycles. The van der Waals surface area contributed by atoms with Gasteiger partial charge in [0.25, 0.3) is 5.91 Å². The standard InChI is InChI=1S/C20H27ClFN3O2/c1-2-8-23-9-4-3-5-18(23)20(27)25-12-10-24(11-13-25)19(26)16-7-6-15(22)14-17(16)21/h6-7,14,18H,2-5,8-13H2,1H3. The smallest absolute Gasteiger partial charge is 0.255 e. The van der Waals surface area contributed by atoms with E-state index >= 15 is 0 Å². The van der Waals surface area contributed by atoms with Crippen molar-refractivity contribution in [3.63, 3.8) is 0 Å². The van der Waals surface area contributed by atoms with Gasteiger partial charge in [0.2, 0.25) is 5.91 Å². The van der Waals surface area contributed by atoms with E-state index in [1.807, 2.05) is 4.90 Å². The van der Waals surface area contributed by atoms with Gasteiger partial charge in [-0.25, -0.2) is 4.39 Å². The molecule has 1 unspecified atom stereocenters. The summed E-state index contributed by atoms with van der Waals surface area (Å²) in [5, 5.41) is 0.121. The Morgan fingerprint density at radius 3 is 2.48 bits per heavy atom. The van der Waals surface area contributed by atoms with Gasteiger partial charge in [0.15, 0.2) is 0 Å². The molecule has 2 saturated heterocycles. The van der Waals surface area contributed by atoms with Crippen LogP contribution in [0.4, 0.5) is 4.39 Å². The summed E-state index contributed by atoms with van der Waals surface area (Å²) in [6, 6.07) is 3.79.